The van der Waals surface area contributed by atoms with Crippen LogP contribution in [0.4, 0.5) is 0 Å². The van der Waals surface area contributed by atoms with Crippen LogP contribution in [0, 0.1) is 0 Å². The van der Waals surface area contributed by atoms with Crippen LogP contribution in [0.3, 0.4) is 0 Å². The lowest BCUT2D eigenvalue weighted by Gasteiger charge is -2.11. The number of carbonyl (C=O) groups excluding carboxylic acids is 3. The van der Waals surface area contributed by atoms with Gasteiger partial charge in [-0.2, -0.15) is 0 Å². The zero-order valence-electron chi connectivity index (χ0n) is 14.2. The SMILES string of the molecule is COC(=O)CCC(=O)NC(=S)NNC(=O)Cc1cccc2ccccc12. The molecule has 3 N–H and O–H groups in total. The van der Waals surface area contributed by atoms with Crippen molar-refractivity contribution in [1.82, 2.24) is 16.2 Å². The molecule has 0 saturated heterocycles. The summed E-state index contributed by atoms with van der Waals surface area (Å²) in [5, 5.41) is 4.38. The Balaban J connectivity index is 1.80. The molecule has 2 amide bonds. The number of ether oxygens (including phenoxy) is 1. The molecule has 2 aromatic carbocycles. The Morgan fingerprint density at radius 3 is 2.46 bits per heavy atom. The predicted molar refractivity (Wildman–Crippen MR) is 101 cm³/mol. The maximum atomic E-state index is 12.1. The molecule has 0 atom stereocenters. The summed E-state index contributed by atoms with van der Waals surface area (Å²) in [4.78, 5) is 34.7. The normalized spacial score (nSPS) is 10.0. The Labute approximate surface area is 156 Å². The summed E-state index contributed by atoms with van der Waals surface area (Å²) in [5.41, 5.74) is 5.79. The highest BCUT2D eigenvalue weighted by Crippen LogP contribution is 2.18. The van der Waals surface area contributed by atoms with Crippen molar-refractivity contribution in [3.8, 4) is 0 Å². The van der Waals surface area contributed by atoms with Gasteiger partial charge in [0.15, 0.2) is 5.11 Å². The van der Waals surface area contributed by atoms with Crippen molar-refractivity contribution < 1.29 is 19.1 Å². The molecule has 0 aromatic heterocycles. The van der Waals surface area contributed by atoms with E-state index in [1.807, 2.05) is 42.5 Å². The van der Waals surface area contributed by atoms with E-state index in [1.165, 1.54) is 7.11 Å². The minimum atomic E-state index is -0.484. The van der Waals surface area contributed by atoms with Crippen LogP contribution in [0.15, 0.2) is 42.5 Å². The number of hydrazine groups is 1. The van der Waals surface area contributed by atoms with Crippen molar-refractivity contribution in [2.45, 2.75) is 19.3 Å². The molecule has 0 radical (unpaired) electrons. The van der Waals surface area contributed by atoms with E-state index in [2.05, 4.69) is 20.9 Å². The minimum absolute atomic E-state index is 0.0433. The first kappa shape index (κ1) is 19.3. The molecule has 8 heteroatoms. The summed E-state index contributed by atoms with van der Waals surface area (Å²) in [6.07, 6.45) is 0.0596. The zero-order chi connectivity index (χ0) is 18.9. The molecule has 0 aliphatic heterocycles. The van der Waals surface area contributed by atoms with Gasteiger partial charge in [-0.1, -0.05) is 42.5 Å². The van der Waals surface area contributed by atoms with E-state index in [4.69, 9.17) is 12.2 Å². The van der Waals surface area contributed by atoms with Gasteiger partial charge < -0.3 is 10.1 Å². The van der Waals surface area contributed by atoms with Crippen molar-refractivity contribution in [3.05, 3.63) is 48.0 Å². The molecule has 0 bridgehead atoms. The standard InChI is InChI=1S/C18H19N3O4S/c1-25-17(24)10-9-15(22)19-18(26)21-20-16(23)11-13-7-4-6-12-5-2-3-8-14(12)13/h2-8H,9-11H2,1H3,(H,20,23)(H2,19,21,22,26). The Bertz CT molecular complexity index is 833. The molecular formula is C18H19N3O4S. The van der Waals surface area contributed by atoms with Crippen LogP contribution in [0.5, 0.6) is 0 Å². The van der Waals surface area contributed by atoms with Crippen LogP contribution in [0.1, 0.15) is 18.4 Å². The third kappa shape index (κ3) is 5.82. The highest BCUT2D eigenvalue weighted by molar-refractivity contribution is 7.80. The highest BCUT2D eigenvalue weighted by atomic mass is 32.1. The molecule has 0 aliphatic carbocycles. The number of nitrogens with one attached hydrogen (secondary N) is 3. The summed E-state index contributed by atoms with van der Waals surface area (Å²) in [7, 11) is 1.25. The zero-order valence-corrected chi connectivity index (χ0v) is 15.0. The van der Waals surface area contributed by atoms with E-state index in [0.29, 0.717) is 0 Å². The molecule has 0 fully saturated rings. The largest absolute Gasteiger partial charge is 0.469 e. The highest BCUT2D eigenvalue weighted by Gasteiger charge is 2.10. The molecule has 0 spiro atoms. The fraction of sp³-hybridized carbons (Fsp3) is 0.222. The van der Waals surface area contributed by atoms with E-state index >= 15 is 0 Å². The van der Waals surface area contributed by atoms with E-state index in [-0.39, 0.29) is 30.3 Å². The van der Waals surface area contributed by atoms with Gasteiger partial charge in [-0.15, -0.1) is 0 Å². The van der Waals surface area contributed by atoms with Crippen molar-refractivity contribution in [2.24, 2.45) is 0 Å². The Morgan fingerprint density at radius 2 is 1.69 bits per heavy atom. The second-order valence-corrected chi connectivity index (χ2v) is 5.85. The summed E-state index contributed by atoms with van der Waals surface area (Å²) in [6, 6.07) is 13.6. The number of benzene rings is 2. The third-order valence-corrected chi connectivity index (χ3v) is 3.79. The fourth-order valence-electron chi connectivity index (χ4n) is 2.33. The van der Waals surface area contributed by atoms with Gasteiger partial charge in [-0.05, 0) is 28.6 Å². The Hall–Kier alpha value is -3.00. The molecule has 7 nitrogen and oxygen atoms in total. The summed E-state index contributed by atoms with van der Waals surface area (Å²) in [5.74, 6) is -1.23. The second kappa shape index (κ2) is 9.47. The van der Waals surface area contributed by atoms with Crippen molar-refractivity contribution in [1.29, 1.82) is 0 Å². The predicted octanol–water partition coefficient (Wildman–Crippen LogP) is 1.36. The summed E-state index contributed by atoms with van der Waals surface area (Å²) >= 11 is 4.92. The molecule has 26 heavy (non-hydrogen) atoms. The maximum absolute atomic E-state index is 12.1. The molecule has 136 valence electrons. The van der Waals surface area contributed by atoms with Gasteiger partial charge in [0.1, 0.15) is 0 Å². The van der Waals surface area contributed by atoms with E-state index < -0.39 is 11.9 Å². The number of rotatable bonds is 5. The number of carbonyl (C=O) groups is 3. The molecular weight excluding hydrogens is 354 g/mol. The maximum Gasteiger partial charge on any atom is 0.306 e. The smallest absolute Gasteiger partial charge is 0.306 e. The van der Waals surface area contributed by atoms with Gasteiger partial charge >= 0.3 is 5.97 Å². The monoisotopic (exact) mass is 373 g/mol. The van der Waals surface area contributed by atoms with E-state index in [1.54, 1.807) is 0 Å². The Morgan fingerprint density at radius 1 is 0.962 bits per heavy atom. The first-order valence-electron chi connectivity index (χ1n) is 7.91. The van der Waals surface area contributed by atoms with Crippen LogP contribution in [0.2, 0.25) is 0 Å². The average molecular weight is 373 g/mol. The first-order valence-corrected chi connectivity index (χ1v) is 8.32. The average Bonchev–Trinajstić information content (AvgIpc) is 2.64. The molecule has 2 rings (SSSR count). The Kier molecular flexibility index (Phi) is 7.04. The lowest BCUT2D eigenvalue weighted by atomic mass is 10.0. The fourth-order valence-corrected chi connectivity index (χ4v) is 2.49. The van der Waals surface area contributed by atoms with Gasteiger partial charge in [-0.25, -0.2) is 0 Å². The van der Waals surface area contributed by atoms with Crippen molar-refractivity contribution in [2.75, 3.05) is 7.11 Å². The number of amides is 2. The van der Waals surface area contributed by atoms with Crippen molar-refractivity contribution >= 4 is 45.9 Å². The van der Waals surface area contributed by atoms with Gasteiger partial charge in [-0.3, -0.25) is 25.2 Å². The number of methoxy groups -OCH3 is 1. The van der Waals surface area contributed by atoms with Crippen LogP contribution in [-0.4, -0.2) is 30.0 Å². The first-order chi connectivity index (χ1) is 12.5. The van der Waals surface area contributed by atoms with Gasteiger partial charge in [0.2, 0.25) is 11.8 Å². The topological polar surface area (TPSA) is 96.5 Å². The number of hydrogen-bond acceptors (Lipinski definition) is 5. The molecule has 0 unspecified atom stereocenters. The van der Waals surface area contributed by atoms with Gasteiger partial charge in [0, 0.05) is 6.42 Å². The molecule has 0 aliphatic rings. The number of fused-ring (bicyclic) bond motifs is 1. The van der Waals surface area contributed by atoms with E-state index in [9.17, 15) is 14.4 Å². The quantitative estimate of drug-likeness (QED) is 0.416. The molecule has 2 aromatic rings. The van der Waals surface area contributed by atoms with Crippen LogP contribution >= 0.6 is 12.2 Å². The molecule has 0 heterocycles. The number of thiocarbonyl (C=S) groups is 1. The van der Waals surface area contributed by atoms with Gasteiger partial charge in [0.05, 0.1) is 20.0 Å². The van der Waals surface area contributed by atoms with Gasteiger partial charge in [0.25, 0.3) is 0 Å². The molecule has 0 saturated carbocycles. The van der Waals surface area contributed by atoms with Crippen LogP contribution in [0.25, 0.3) is 10.8 Å². The summed E-state index contributed by atoms with van der Waals surface area (Å²) in [6.45, 7) is 0. The number of hydrogen-bond donors (Lipinski definition) is 3. The minimum Gasteiger partial charge on any atom is -0.469 e. The lowest BCUT2D eigenvalue weighted by Crippen LogP contribution is -2.48. The van der Waals surface area contributed by atoms with E-state index in [0.717, 1.165) is 16.3 Å². The van der Waals surface area contributed by atoms with Crippen LogP contribution < -0.4 is 16.2 Å². The number of esters is 1. The lowest BCUT2D eigenvalue weighted by molar-refractivity contribution is -0.142. The van der Waals surface area contributed by atoms with Crippen molar-refractivity contribution in [3.63, 3.8) is 0 Å². The third-order valence-electron chi connectivity index (χ3n) is 3.58. The second-order valence-electron chi connectivity index (χ2n) is 5.44. The van der Waals surface area contributed by atoms with Crippen LogP contribution in [-0.2, 0) is 25.5 Å². The summed E-state index contributed by atoms with van der Waals surface area (Å²) < 4.78 is 4.45.